The highest BCUT2D eigenvalue weighted by Crippen LogP contribution is 2.44. The molecule has 28 heavy (non-hydrogen) atoms. The second kappa shape index (κ2) is 6.23. The van der Waals surface area contributed by atoms with Gasteiger partial charge in [0.05, 0.1) is 22.5 Å². The van der Waals surface area contributed by atoms with E-state index in [4.69, 9.17) is 0 Å². The summed E-state index contributed by atoms with van der Waals surface area (Å²) < 4.78 is 1.88. The van der Waals surface area contributed by atoms with E-state index >= 15 is 0 Å². The number of benzene rings is 2. The average molecular weight is 373 g/mol. The SMILES string of the molecule is CCCC(=O)n1c2c(c3ccccc31)CCN1C(=O)c3ccccc3N(C)C21. The third-order valence-corrected chi connectivity index (χ3v) is 6.02. The van der Waals surface area contributed by atoms with Crippen molar-refractivity contribution in [1.29, 1.82) is 0 Å². The van der Waals surface area contributed by atoms with Crippen LogP contribution in [-0.4, -0.2) is 34.9 Å². The number of hydrogen-bond donors (Lipinski definition) is 0. The zero-order valence-electron chi connectivity index (χ0n) is 16.2. The minimum atomic E-state index is -0.264. The molecule has 3 aromatic rings. The van der Waals surface area contributed by atoms with E-state index < -0.39 is 0 Å². The van der Waals surface area contributed by atoms with Crippen LogP contribution in [0, 0.1) is 0 Å². The van der Waals surface area contributed by atoms with Gasteiger partial charge in [-0.15, -0.1) is 0 Å². The molecule has 1 unspecified atom stereocenters. The zero-order chi connectivity index (χ0) is 19.4. The molecular formula is C23H23N3O2. The van der Waals surface area contributed by atoms with Gasteiger partial charge in [-0.25, -0.2) is 0 Å². The van der Waals surface area contributed by atoms with E-state index in [1.165, 1.54) is 5.56 Å². The fourth-order valence-electron chi connectivity index (χ4n) is 4.81. The summed E-state index contributed by atoms with van der Waals surface area (Å²) >= 11 is 0. The van der Waals surface area contributed by atoms with Crippen molar-refractivity contribution < 1.29 is 9.59 Å². The van der Waals surface area contributed by atoms with Crippen molar-refractivity contribution in [2.24, 2.45) is 0 Å². The van der Waals surface area contributed by atoms with E-state index in [0.717, 1.165) is 40.7 Å². The molecule has 0 bridgehead atoms. The highest BCUT2D eigenvalue weighted by atomic mass is 16.2. The Bertz CT molecular complexity index is 1110. The van der Waals surface area contributed by atoms with Gasteiger partial charge in [-0.2, -0.15) is 0 Å². The fraction of sp³-hybridized carbons (Fsp3) is 0.304. The summed E-state index contributed by atoms with van der Waals surface area (Å²) in [5.74, 6) is 0.144. The normalized spacial score (nSPS) is 18.1. The first kappa shape index (κ1) is 17.0. The van der Waals surface area contributed by atoms with Crippen LogP contribution in [0.1, 0.15) is 52.3 Å². The molecule has 2 aliphatic rings. The Hall–Kier alpha value is -3.08. The summed E-state index contributed by atoms with van der Waals surface area (Å²) in [6.07, 6.45) is 1.79. The summed E-state index contributed by atoms with van der Waals surface area (Å²) in [6, 6.07) is 15.8. The van der Waals surface area contributed by atoms with Crippen LogP contribution in [0.5, 0.6) is 0 Å². The van der Waals surface area contributed by atoms with E-state index in [1.54, 1.807) is 0 Å². The first-order valence-electron chi connectivity index (χ1n) is 9.91. The molecule has 0 N–H and O–H groups in total. The van der Waals surface area contributed by atoms with E-state index in [1.807, 2.05) is 65.9 Å². The standard InChI is InChI=1S/C23H23N3O2/c1-3-8-20(27)26-19-12-7-4-9-15(19)16-13-14-25-22(21(16)26)24(2)18-11-6-5-10-17(18)23(25)28/h4-7,9-12,22H,3,8,13-14H2,1-2H3. The molecule has 1 atom stereocenters. The topological polar surface area (TPSA) is 45.6 Å². The quantitative estimate of drug-likeness (QED) is 0.675. The molecule has 0 saturated carbocycles. The van der Waals surface area contributed by atoms with Crippen LogP contribution in [0.25, 0.3) is 10.9 Å². The van der Waals surface area contributed by atoms with Crippen LogP contribution >= 0.6 is 0 Å². The summed E-state index contributed by atoms with van der Waals surface area (Å²) in [4.78, 5) is 30.4. The highest BCUT2D eigenvalue weighted by Gasteiger charge is 2.43. The molecule has 2 aliphatic heterocycles. The number of hydrogen-bond acceptors (Lipinski definition) is 3. The second-order valence-corrected chi connectivity index (χ2v) is 7.61. The van der Waals surface area contributed by atoms with Gasteiger partial charge in [0.15, 0.2) is 0 Å². The summed E-state index contributed by atoms with van der Waals surface area (Å²) in [7, 11) is 2.02. The van der Waals surface area contributed by atoms with Crippen molar-refractivity contribution >= 4 is 28.4 Å². The Balaban J connectivity index is 1.79. The Morgan fingerprint density at radius 3 is 2.68 bits per heavy atom. The van der Waals surface area contributed by atoms with Gasteiger partial charge >= 0.3 is 0 Å². The maximum atomic E-state index is 13.2. The van der Waals surface area contributed by atoms with Crippen molar-refractivity contribution in [1.82, 2.24) is 9.47 Å². The Morgan fingerprint density at radius 1 is 1.11 bits per heavy atom. The third kappa shape index (κ3) is 2.19. The molecule has 2 aromatic carbocycles. The highest BCUT2D eigenvalue weighted by molar-refractivity contribution is 6.03. The van der Waals surface area contributed by atoms with Crippen molar-refractivity contribution in [3.05, 3.63) is 65.4 Å². The first-order valence-corrected chi connectivity index (χ1v) is 9.91. The Morgan fingerprint density at radius 2 is 1.86 bits per heavy atom. The molecule has 5 rings (SSSR count). The van der Waals surface area contributed by atoms with E-state index in [9.17, 15) is 9.59 Å². The number of amides is 1. The van der Waals surface area contributed by atoms with Crippen LogP contribution in [-0.2, 0) is 6.42 Å². The molecule has 5 heteroatoms. The lowest BCUT2D eigenvalue weighted by Crippen LogP contribution is -2.51. The van der Waals surface area contributed by atoms with Crippen LogP contribution in [0.15, 0.2) is 48.5 Å². The van der Waals surface area contributed by atoms with Crippen LogP contribution in [0.2, 0.25) is 0 Å². The number of nitrogens with zero attached hydrogens (tertiary/aromatic N) is 3. The van der Waals surface area contributed by atoms with E-state index in [-0.39, 0.29) is 18.0 Å². The number of fused-ring (bicyclic) bond motifs is 6. The molecule has 3 heterocycles. The molecule has 0 aliphatic carbocycles. The smallest absolute Gasteiger partial charge is 0.257 e. The molecule has 5 nitrogen and oxygen atoms in total. The van der Waals surface area contributed by atoms with Gasteiger partial charge in [-0.1, -0.05) is 37.3 Å². The Labute approximate surface area is 164 Å². The van der Waals surface area contributed by atoms with Gasteiger partial charge < -0.3 is 9.80 Å². The van der Waals surface area contributed by atoms with E-state index in [0.29, 0.717) is 13.0 Å². The van der Waals surface area contributed by atoms with Gasteiger partial charge in [0.1, 0.15) is 6.17 Å². The van der Waals surface area contributed by atoms with Gasteiger partial charge in [-0.3, -0.25) is 14.2 Å². The average Bonchev–Trinajstić information content (AvgIpc) is 3.06. The minimum absolute atomic E-state index is 0.0455. The molecular weight excluding hydrogens is 350 g/mol. The molecule has 0 spiro atoms. The van der Waals surface area contributed by atoms with Crippen molar-refractivity contribution in [3.63, 3.8) is 0 Å². The lowest BCUT2D eigenvalue weighted by molar-refractivity contribution is 0.0622. The van der Waals surface area contributed by atoms with E-state index in [2.05, 4.69) is 11.0 Å². The molecule has 0 radical (unpaired) electrons. The molecule has 1 aromatic heterocycles. The predicted molar refractivity (Wildman–Crippen MR) is 110 cm³/mol. The zero-order valence-corrected chi connectivity index (χ0v) is 16.2. The van der Waals surface area contributed by atoms with Gasteiger partial charge in [0, 0.05) is 25.4 Å². The van der Waals surface area contributed by atoms with Crippen molar-refractivity contribution in [2.45, 2.75) is 32.4 Å². The number of carbonyl (C=O) groups excluding carboxylic acids is 2. The molecule has 0 saturated heterocycles. The monoisotopic (exact) mass is 373 g/mol. The van der Waals surface area contributed by atoms with Crippen LogP contribution < -0.4 is 4.90 Å². The number of aromatic nitrogens is 1. The van der Waals surface area contributed by atoms with Gasteiger partial charge in [0.25, 0.3) is 5.91 Å². The number of anilines is 1. The van der Waals surface area contributed by atoms with Crippen molar-refractivity contribution in [3.8, 4) is 0 Å². The first-order chi connectivity index (χ1) is 13.6. The number of para-hydroxylation sites is 2. The van der Waals surface area contributed by atoms with Crippen molar-refractivity contribution in [2.75, 3.05) is 18.5 Å². The molecule has 142 valence electrons. The maximum absolute atomic E-state index is 13.2. The van der Waals surface area contributed by atoms with Gasteiger partial charge in [-0.05, 0) is 36.6 Å². The third-order valence-electron chi connectivity index (χ3n) is 6.02. The summed E-state index contributed by atoms with van der Waals surface area (Å²) in [6.45, 7) is 2.68. The lowest BCUT2D eigenvalue weighted by Gasteiger charge is -2.46. The summed E-state index contributed by atoms with van der Waals surface area (Å²) in [5.41, 5.74) is 4.75. The van der Waals surface area contributed by atoms with Crippen LogP contribution in [0.4, 0.5) is 5.69 Å². The van der Waals surface area contributed by atoms with Crippen LogP contribution in [0.3, 0.4) is 0 Å². The predicted octanol–water partition coefficient (Wildman–Crippen LogP) is 4.23. The van der Waals surface area contributed by atoms with Gasteiger partial charge in [0.2, 0.25) is 5.91 Å². The molecule has 1 amide bonds. The second-order valence-electron chi connectivity index (χ2n) is 7.61. The Kier molecular flexibility index (Phi) is 3.79. The largest absolute Gasteiger partial charge is 0.349 e. The minimum Gasteiger partial charge on any atom is -0.349 e. The number of rotatable bonds is 2. The number of carbonyl (C=O) groups is 2. The maximum Gasteiger partial charge on any atom is 0.257 e. The summed E-state index contributed by atoms with van der Waals surface area (Å²) in [5, 5.41) is 1.13. The fourth-order valence-corrected chi connectivity index (χ4v) is 4.81. The lowest BCUT2D eigenvalue weighted by atomic mass is 9.96. The molecule has 0 fully saturated rings.